The maximum atomic E-state index is 11.8. The number of carbonyl (C=O) groups is 1. The summed E-state index contributed by atoms with van der Waals surface area (Å²) >= 11 is 0. The Balaban J connectivity index is 1.66. The van der Waals surface area contributed by atoms with Gasteiger partial charge in [0.1, 0.15) is 0 Å². The van der Waals surface area contributed by atoms with E-state index < -0.39 is 0 Å². The number of hydrogen-bond donors (Lipinski definition) is 2. The van der Waals surface area contributed by atoms with E-state index in [9.17, 15) is 4.79 Å². The number of carbonyl (C=O) groups excluding carboxylic acids is 1. The molecule has 1 aromatic carbocycles. The molecule has 3 nitrogen and oxygen atoms in total. The van der Waals surface area contributed by atoms with Crippen molar-refractivity contribution in [2.24, 2.45) is 5.92 Å². The summed E-state index contributed by atoms with van der Waals surface area (Å²) in [5, 5.41) is 6.40. The number of rotatable bonds is 5. The van der Waals surface area contributed by atoms with Gasteiger partial charge in [0, 0.05) is 13.0 Å². The van der Waals surface area contributed by atoms with Crippen molar-refractivity contribution in [3.63, 3.8) is 0 Å². The van der Waals surface area contributed by atoms with E-state index in [-0.39, 0.29) is 5.91 Å². The average Bonchev–Trinajstić information content (AvgIpc) is 2.44. The third-order valence-corrected chi connectivity index (χ3v) is 3.75. The number of amides is 1. The molecule has 1 aliphatic heterocycles. The van der Waals surface area contributed by atoms with Crippen LogP contribution < -0.4 is 10.6 Å². The highest BCUT2D eigenvalue weighted by Crippen LogP contribution is 2.15. The summed E-state index contributed by atoms with van der Waals surface area (Å²) in [5.74, 6) is 0.852. The normalized spacial score (nSPS) is 19.1. The Bertz CT molecular complexity index is 411. The fourth-order valence-electron chi connectivity index (χ4n) is 2.62. The largest absolute Gasteiger partial charge is 0.352 e. The van der Waals surface area contributed by atoms with Gasteiger partial charge in [-0.15, -0.1) is 0 Å². The van der Waals surface area contributed by atoms with Crippen molar-refractivity contribution in [1.82, 2.24) is 10.6 Å². The molecular weight excluding hydrogens is 236 g/mol. The van der Waals surface area contributed by atoms with Gasteiger partial charge in [-0.2, -0.15) is 0 Å². The molecule has 3 heteroatoms. The van der Waals surface area contributed by atoms with E-state index in [1.54, 1.807) is 0 Å². The summed E-state index contributed by atoms with van der Waals surface area (Å²) in [6, 6.07) is 8.27. The van der Waals surface area contributed by atoms with Crippen molar-refractivity contribution in [1.29, 1.82) is 0 Å². The van der Waals surface area contributed by atoms with Crippen molar-refractivity contribution in [2.75, 3.05) is 13.1 Å². The van der Waals surface area contributed by atoms with Gasteiger partial charge in [0.25, 0.3) is 0 Å². The molecule has 1 unspecified atom stereocenters. The van der Waals surface area contributed by atoms with Crippen molar-refractivity contribution in [3.8, 4) is 0 Å². The van der Waals surface area contributed by atoms with Crippen LogP contribution in [-0.4, -0.2) is 19.0 Å². The predicted octanol–water partition coefficient (Wildman–Crippen LogP) is 2.39. The van der Waals surface area contributed by atoms with Gasteiger partial charge in [0.15, 0.2) is 0 Å². The fourth-order valence-corrected chi connectivity index (χ4v) is 2.62. The van der Waals surface area contributed by atoms with Crippen molar-refractivity contribution in [3.05, 3.63) is 35.4 Å². The molecule has 1 aromatic rings. The molecule has 0 spiro atoms. The standard InChI is InChI=1S/C16H24N2O/c1-13-4-2-5-15(10-13)12-18-16(19)8-7-14-6-3-9-17-11-14/h2,4-5,10,14,17H,3,6-9,11-12H2,1H3,(H,18,19). The van der Waals surface area contributed by atoms with Crippen LogP contribution >= 0.6 is 0 Å². The lowest BCUT2D eigenvalue weighted by atomic mass is 9.94. The molecule has 0 saturated carbocycles. The van der Waals surface area contributed by atoms with E-state index in [0.717, 1.165) is 19.5 Å². The van der Waals surface area contributed by atoms with Crippen LogP contribution in [0.15, 0.2) is 24.3 Å². The molecule has 1 heterocycles. The van der Waals surface area contributed by atoms with Crippen LogP contribution in [0.5, 0.6) is 0 Å². The third-order valence-electron chi connectivity index (χ3n) is 3.75. The SMILES string of the molecule is Cc1cccc(CNC(=O)CCC2CCCNC2)c1. The van der Waals surface area contributed by atoms with E-state index in [2.05, 4.69) is 35.8 Å². The Morgan fingerprint density at radius 2 is 2.37 bits per heavy atom. The van der Waals surface area contributed by atoms with Gasteiger partial charge in [0.05, 0.1) is 0 Å². The minimum Gasteiger partial charge on any atom is -0.352 e. The molecule has 2 rings (SSSR count). The molecule has 0 radical (unpaired) electrons. The maximum Gasteiger partial charge on any atom is 0.220 e. The molecule has 1 amide bonds. The van der Waals surface area contributed by atoms with Crippen molar-refractivity contribution >= 4 is 5.91 Å². The van der Waals surface area contributed by atoms with Gasteiger partial charge < -0.3 is 10.6 Å². The molecule has 1 atom stereocenters. The van der Waals surface area contributed by atoms with E-state index in [1.807, 2.05) is 6.07 Å². The summed E-state index contributed by atoms with van der Waals surface area (Å²) < 4.78 is 0. The Morgan fingerprint density at radius 3 is 3.11 bits per heavy atom. The van der Waals surface area contributed by atoms with Crippen LogP contribution in [-0.2, 0) is 11.3 Å². The summed E-state index contributed by atoms with van der Waals surface area (Å²) in [6.45, 7) is 4.92. The molecule has 2 N–H and O–H groups in total. The van der Waals surface area contributed by atoms with Crippen molar-refractivity contribution in [2.45, 2.75) is 39.2 Å². The van der Waals surface area contributed by atoms with Gasteiger partial charge in [-0.3, -0.25) is 4.79 Å². The minimum atomic E-state index is 0.173. The van der Waals surface area contributed by atoms with Gasteiger partial charge in [-0.25, -0.2) is 0 Å². The Labute approximate surface area is 115 Å². The fraction of sp³-hybridized carbons (Fsp3) is 0.562. The monoisotopic (exact) mass is 260 g/mol. The molecule has 0 bridgehead atoms. The first-order valence-electron chi connectivity index (χ1n) is 7.27. The lowest BCUT2D eigenvalue weighted by molar-refractivity contribution is -0.121. The van der Waals surface area contributed by atoms with Gasteiger partial charge in [-0.1, -0.05) is 29.8 Å². The lowest BCUT2D eigenvalue weighted by Gasteiger charge is -2.22. The molecular formula is C16H24N2O. The summed E-state index contributed by atoms with van der Waals surface area (Å²) in [4.78, 5) is 11.8. The number of nitrogens with one attached hydrogen (secondary N) is 2. The predicted molar refractivity (Wildman–Crippen MR) is 77.9 cm³/mol. The summed E-state index contributed by atoms with van der Waals surface area (Å²) in [6.07, 6.45) is 4.17. The number of piperidine rings is 1. The molecule has 19 heavy (non-hydrogen) atoms. The second kappa shape index (κ2) is 7.29. The molecule has 0 aromatic heterocycles. The van der Waals surface area contributed by atoms with Crippen LogP contribution in [0.25, 0.3) is 0 Å². The number of hydrogen-bond acceptors (Lipinski definition) is 2. The zero-order valence-electron chi connectivity index (χ0n) is 11.7. The second-order valence-corrected chi connectivity index (χ2v) is 5.52. The summed E-state index contributed by atoms with van der Waals surface area (Å²) in [5.41, 5.74) is 2.41. The zero-order valence-corrected chi connectivity index (χ0v) is 11.7. The molecule has 104 valence electrons. The van der Waals surface area contributed by atoms with E-state index in [4.69, 9.17) is 0 Å². The van der Waals surface area contributed by atoms with Gasteiger partial charge in [0.2, 0.25) is 5.91 Å². The highest BCUT2D eigenvalue weighted by molar-refractivity contribution is 5.75. The van der Waals surface area contributed by atoms with E-state index in [0.29, 0.717) is 18.9 Å². The van der Waals surface area contributed by atoms with Gasteiger partial charge in [-0.05, 0) is 50.8 Å². The topological polar surface area (TPSA) is 41.1 Å². The van der Waals surface area contributed by atoms with Crippen LogP contribution in [0.2, 0.25) is 0 Å². The second-order valence-electron chi connectivity index (χ2n) is 5.52. The number of benzene rings is 1. The Hall–Kier alpha value is -1.35. The van der Waals surface area contributed by atoms with Crippen LogP contribution in [0.1, 0.15) is 36.8 Å². The Morgan fingerprint density at radius 1 is 1.47 bits per heavy atom. The quantitative estimate of drug-likeness (QED) is 0.853. The summed E-state index contributed by atoms with van der Waals surface area (Å²) in [7, 11) is 0. The zero-order chi connectivity index (χ0) is 13.5. The first-order chi connectivity index (χ1) is 9.24. The highest BCUT2D eigenvalue weighted by atomic mass is 16.1. The van der Waals surface area contributed by atoms with Crippen LogP contribution in [0.3, 0.4) is 0 Å². The lowest BCUT2D eigenvalue weighted by Crippen LogP contribution is -2.31. The maximum absolute atomic E-state index is 11.8. The smallest absolute Gasteiger partial charge is 0.220 e. The third kappa shape index (κ3) is 5.03. The van der Waals surface area contributed by atoms with Crippen LogP contribution in [0, 0.1) is 12.8 Å². The van der Waals surface area contributed by atoms with E-state index in [1.165, 1.54) is 24.0 Å². The molecule has 0 aliphatic carbocycles. The Kier molecular flexibility index (Phi) is 5.40. The number of aryl methyl sites for hydroxylation is 1. The molecule has 1 fully saturated rings. The molecule has 1 saturated heterocycles. The average molecular weight is 260 g/mol. The van der Waals surface area contributed by atoms with E-state index >= 15 is 0 Å². The van der Waals surface area contributed by atoms with Crippen LogP contribution in [0.4, 0.5) is 0 Å². The first-order valence-corrected chi connectivity index (χ1v) is 7.27. The minimum absolute atomic E-state index is 0.173. The first kappa shape index (κ1) is 14.1. The van der Waals surface area contributed by atoms with Gasteiger partial charge >= 0.3 is 0 Å². The molecule has 1 aliphatic rings. The van der Waals surface area contributed by atoms with Crippen molar-refractivity contribution < 1.29 is 4.79 Å². The highest BCUT2D eigenvalue weighted by Gasteiger charge is 2.14.